The summed E-state index contributed by atoms with van der Waals surface area (Å²) in [5.74, 6) is 0.738. The van der Waals surface area contributed by atoms with E-state index in [1.54, 1.807) is 0 Å². The number of anilines is 2. The number of nitrogens with zero attached hydrogens (tertiary/aromatic N) is 2. The molecule has 2 aromatic carbocycles. The van der Waals surface area contributed by atoms with E-state index < -0.39 is 0 Å². The molecule has 2 heterocycles. The fraction of sp³-hybridized carbons (Fsp3) is 0.417. The Balaban J connectivity index is 1.65. The van der Waals surface area contributed by atoms with Crippen LogP contribution in [0.2, 0.25) is 0 Å². The average molecular weight is 345 g/mol. The Morgan fingerprint density at radius 3 is 2.23 bits per heavy atom. The van der Waals surface area contributed by atoms with Gasteiger partial charge in [0.05, 0.1) is 0 Å². The highest BCUT2D eigenvalue weighted by molar-refractivity contribution is 5.74. The minimum absolute atomic E-state index is 0.440. The summed E-state index contributed by atoms with van der Waals surface area (Å²) in [6.07, 6.45) is 8.39. The summed E-state index contributed by atoms with van der Waals surface area (Å²) in [4.78, 5) is 5.35. The van der Waals surface area contributed by atoms with Crippen LogP contribution >= 0.6 is 0 Å². The second kappa shape index (κ2) is 6.19. The molecule has 0 bridgehead atoms. The van der Waals surface area contributed by atoms with Crippen molar-refractivity contribution in [3.8, 4) is 0 Å². The minimum atomic E-state index is 0.440. The van der Waals surface area contributed by atoms with Gasteiger partial charge in [-0.1, -0.05) is 55.7 Å². The van der Waals surface area contributed by atoms with Crippen LogP contribution in [0.1, 0.15) is 50.2 Å². The monoisotopic (exact) mass is 344 g/mol. The molecule has 3 aliphatic rings. The molecule has 134 valence electrons. The van der Waals surface area contributed by atoms with Crippen LogP contribution in [0.3, 0.4) is 0 Å². The van der Waals surface area contributed by atoms with E-state index in [0.29, 0.717) is 6.17 Å². The van der Waals surface area contributed by atoms with E-state index in [2.05, 4.69) is 72.2 Å². The van der Waals surface area contributed by atoms with Gasteiger partial charge >= 0.3 is 0 Å². The van der Waals surface area contributed by atoms with Crippen LogP contribution in [0.15, 0.2) is 59.9 Å². The third-order valence-electron chi connectivity index (χ3n) is 6.65. The highest BCUT2D eigenvalue weighted by Crippen LogP contribution is 2.49. The Morgan fingerprint density at radius 1 is 0.769 bits per heavy atom. The lowest BCUT2D eigenvalue weighted by Crippen LogP contribution is -2.46. The summed E-state index contributed by atoms with van der Waals surface area (Å²) < 4.78 is 0. The van der Waals surface area contributed by atoms with Crippen LogP contribution < -0.4 is 9.80 Å². The number of hydrogen-bond donors (Lipinski definition) is 0. The molecular formula is C24H28N2. The number of fused-ring (bicyclic) bond motifs is 3. The quantitative estimate of drug-likeness (QED) is 0.657. The molecule has 0 radical (unpaired) electrons. The number of rotatable bonds is 2. The van der Waals surface area contributed by atoms with E-state index in [-0.39, 0.29) is 0 Å². The van der Waals surface area contributed by atoms with Crippen molar-refractivity contribution in [2.75, 3.05) is 9.80 Å². The van der Waals surface area contributed by atoms with Gasteiger partial charge in [0.15, 0.2) is 0 Å². The van der Waals surface area contributed by atoms with Crippen molar-refractivity contribution in [2.45, 2.75) is 58.5 Å². The number of hydrogen-bond acceptors (Lipinski definition) is 2. The molecule has 1 atom stereocenters. The molecule has 26 heavy (non-hydrogen) atoms. The summed E-state index contributed by atoms with van der Waals surface area (Å²) in [5.41, 5.74) is 8.67. The van der Waals surface area contributed by atoms with Crippen LogP contribution in [0.25, 0.3) is 0 Å². The highest BCUT2D eigenvalue weighted by atomic mass is 15.4. The van der Waals surface area contributed by atoms with Crippen LogP contribution in [0, 0.1) is 12.8 Å². The molecule has 2 aliphatic heterocycles. The maximum absolute atomic E-state index is 2.69. The molecule has 1 saturated carbocycles. The number of para-hydroxylation sites is 2. The third kappa shape index (κ3) is 2.31. The molecule has 0 aromatic heterocycles. The van der Waals surface area contributed by atoms with Crippen molar-refractivity contribution in [2.24, 2.45) is 5.92 Å². The Morgan fingerprint density at radius 2 is 1.46 bits per heavy atom. The lowest BCUT2D eigenvalue weighted by atomic mass is 9.85. The largest absolute Gasteiger partial charge is 0.322 e. The molecule has 0 spiro atoms. The zero-order valence-corrected chi connectivity index (χ0v) is 15.9. The minimum Gasteiger partial charge on any atom is -0.322 e. The smallest absolute Gasteiger partial charge is 0.113 e. The first-order valence-corrected chi connectivity index (χ1v) is 10.2. The molecule has 0 N–H and O–H groups in total. The predicted octanol–water partition coefficient (Wildman–Crippen LogP) is 6.02. The maximum atomic E-state index is 2.69. The van der Waals surface area contributed by atoms with Gasteiger partial charge in [0.2, 0.25) is 0 Å². The normalized spacial score (nSPS) is 22.8. The Kier molecular flexibility index (Phi) is 3.81. The van der Waals surface area contributed by atoms with E-state index in [9.17, 15) is 0 Å². The fourth-order valence-corrected chi connectivity index (χ4v) is 5.37. The highest BCUT2D eigenvalue weighted by Gasteiger charge is 2.45. The van der Waals surface area contributed by atoms with Gasteiger partial charge in [-0.25, -0.2) is 0 Å². The maximum Gasteiger partial charge on any atom is 0.113 e. The Labute approximate surface area is 157 Å². The molecule has 1 fully saturated rings. The van der Waals surface area contributed by atoms with Gasteiger partial charge in [-0.15, -0.1) is 0 Å². The molecule has 0 amide bonds. The first kappa shape index (κ1) is 16.0. The molecular weight excluding hydrogens is 316 g/mol. The molecule has 2 heteroatoms. The lowest BCUT2D eigenvalue weighted by molar-refractivity contribution is 0.306. The van der Waals surface area contributed by atoms with Crippen molar-refractivity contribution in [1.29, 1.82) is 0 Å². The Bertz CT molecular complexity index is 860. The summed E-state index contributed by atoms with van der Waals surface area (Å²) in [6, 6.07) is 17.9. The summed E-state index contributed by atoms with van der Waals surface area (Å²) >= 11 is 0. The van der Waals surface area contributed by atoms with E-state index >= 15 is 0 Å². The summed E-state index contributed by atoms with van der Waals surface area (Å²) in [6.45, 7) is 4.59. The van der Waals surface area contributed by atoms with Gasteiger partial charge in [-0.05, 0) is 55.9 Å². The first-order chi connectivity index (χ1) is 12.8. The van der Waals surface area contributed by atoms with Crippen LogP contribution in [-0.2, 0) is 6.42 Å². The second-order valence-electron chi connectivity index (χ2n) is 8.18. The lowest BCUT2D eigenvalue weighted by Gasteiger charge is -2.41. The summed E-state index contributed by atoms with van der Waals surface area (Å²) in [5, 5.41) is 0. The van der Waals surface area contributed by atoms with Crippen molar-refractivity contribution < 1.29 is 0 Å². The number of benzene rings is 2. The van der Waals surface area contributed by atoms with Gasteiger partial charge in [0.1, 0.15) is 6.17 Å². The van der Waals surface area contributed by atoms with Crippen LogP contribution in [0.5, 0.6) is 0 Å². The fourth-order valence-electron chi connectivity index (χ4n) is 5.37. The van der Waals surface area contributed by atoms with Gasteiger partial charge in [-0.3, -0.25) is 0 Å². The molecule has 5 rings (SSSR count). The predicted molar refractivity (Wildman–Crippen MR) is 109 cm³/mol. The molecule has 0 saturated heterocycles. The third-order valence-corrected chi connectivity index (χ3v) is 6.65. The molecule has 1 aliphatic carbocycles. The summed E-state index contributed by atoms with van der Waals surface area (Å²) in [7, 11) is 0. The van der Waals surface area contributed by atoms with E-state index in [1.807, 2.05) is 0 Å². The van der Waals surface area contributed by atoms with E-state index in [1.165, 1.54) is 66.0 Å². The van der Waals surface area contributed by atoms with Crippen molar-refractivity contribution >= 4 is 11.4 Å². The number of allylic oxidation sites excluding steroid dienone is 2. The van der Waals surface area contributed by atoms with E-state index in [4.69, 9.17) is 0 Å². The molecule has 2 aromatic rings. The average Bonchev–Trinajstić information content (AvgIpc) is 3.18. The SMILES string of the molecule is CC1=C2Cc3ccccc3N2C(C2CCCCC2)N1c1ccccc1C. The topological polar surface area (TPSA) is 6.48 Å². The van der Waals surface area contributed by atoms with E-state index in [0.717, 1.165) is 12.3 Å². The van der Waals surface area contributed by atoms with Gasteiger partial charge in [0.25, 0.3) is 0 Å². The van der Waals surface area contributed by atoms with Crippen molar-refractivity contribution in [3.63, 3.8) is 0 Å². The zero-order chi connectivity index (χ0) is 17.7. The number of aryl methyl sites for hydroxylation is 1. The van der Waals surface area contributed by atoms with Crippen molar-refractivity contribution in [1.82, 2.24) is 0 Å². The van der Waals surface area contributed by atoms with Crippen LogP contribution in [-0.4, -0.2) is 6.17 Å². The zero-order valence-electron chi connectivity index (χ0n) is 15.9. The molecule has 2 nitrogen and oxygen atoms in total. The molecule has 1 unspecified atom stereocenters. The standard InChI is InChI=1S/C24H28N2/c1-17-10-6-8-14-21(17)25-18(2)23-16-20-13-7-9-15-22(20)26(23)24(25)19-11-4-3-5-12-19/h6-10,13-15,19,24H,3-5,11-12,16H2,1-2H3. The van der Waals surface area contributed by atoms with Gasteiger partial charge in [-0.2, -0.15) is 0 Å². The Hall–Kier alpha value is -2.22. The van der Waals surface area contributed by atoms with Crippen LogP contribution in [0.4, 0.5) is 11.4 Å². The van der Waals surface area contributed by atoms with Gasteiger partial charge < -0.3 is 9.80 Å². The van der Waals surface area contributed by atoms with Gasteiger partial charge in [0, 0.05) is 29.2 Å². The first-order valence-electron chi connectivity index (χ1n) is 10.2. The second-order valence-corrected chi connectivity index (χ2v) is 8.18. The van der Waals surface area contributed by atoms with Crippen molar-refractivity contribution in [3.05, 3.63) is 71.1 Å².